The number of benzene rings is 2. The van der Waals surface area contributed by atoms with Crippen LogP contribution in [-0.4, -0.2) is 57.1 Å². The predicted octanol–water partition coefficient (Wildman–Crippen LogP) is 3.69. The van der Waals surface area contributed by atoms with E-state index in [2.05, 4.69) is 29.2 Å². The SMILES string of the molecule is O=C(/C=C/c1ccc2c(c1)C(O)CC1(CCN(Cc3ccccc3)CC1)O2)NO.O=C(O)C(F)(F)F. The third-order valence-electron chi connectivity index (χ3n) is 6.08. The number of fused-ring (bicyclic) bond motifs is 1. The summed E-state index contributed by atoms with van der Waals surface area (Å²) >= 11 is 0. The quantitative estimate of drug-likeness (QED) is 0.283. The summed E-state index contributed by atoms with van der Waals surface area (Å²) in [7, 11) is 0. The molecule has 1 unspecified atom stereocenters. The first-order chi connectivity index (χ1) is 17.0. The number of likely N-dealkylation sites (tertiary alicyclic amines) is 1. The van der Waals surface area contributed by atoms with Gasteiger partial charge in [-0.15, -0.1) is 0 Å². The average molecular weight is 508 g/mol. The Labute approximate surface area is 205 Å². The maximum Gasteiger partial charge on any atom is 0.490 e. The number of halogens is 3. The Kier molecular flexibility index (Phi) is 8.72. The van der Waals surface area contributed by atoms with Gasteiger partial charge in [0, 0.05) is 37.7 Å². The highest BCUT2D eigenvalue weighted by Gasteiger charge is 2.43. The van der Waals surface area contributed by atoms with Crippen molar-refractivity contribution >= 4 is 18.0 Å². The van der Waals surface area contributed by atoms with Crippen LogP contribution in [0, 0.1) is 0 Å². The summed E-state index contributed by atoms with van der Waals surface area (Å²) in [5, 5.41) is 26.5. The summed E-state index contributed by atoms with van der Waals surface area (Å²) in [6, 6.07) is 16.0. The first-order valence-corrected chi connectivity index (χ1v) is 11.2. The summed E-state index contributed by atoms with van der Waals surface area (Å²) in [6.07, 6.45) is -0.515. The van der Waals surface area contributed by atoms with E-state index in [0.29, 0.717) is 12.2 Å². The molecule has 0 saturated carbocycles. The van der Waals surface area contributed by atoms with Crippen molar-refractivity contribution in [2.24, 2.45) is 0 Å². The second kappa shape index (κ2) is 11.5. The summed E-state index contributed by atoms with van der Waals surface area (Å²) < 4.78 is 38.1. The second-order valence-corrected chi connectivity index (χ2v) is 8.68. The number of carbonyl (C=O) groups is 2. The van der Waals surface area contributed by atoms with Gasteiger partial charge >= 0.3 is 12.1 Å². The molecule has 8 nitrogen and oxygen atoms in total. The largest absolute Gasteiger partial charge is 0.490 e. The van der Waals surface area contributed by atoms with Crippen LogP contribution < -0.4 is 10.2 Å². The van der Waals surface area contributed by atoms with Gasteiger partial charge in [0.1, 0.15) is 11.4 Å². The van der Waals surface area contributed by atoms with Gasteiger partial charge in [0.05, 0.1) is 6.10 Å². The highest BCUT2D eigenvalue weighted by molar-refractivity contribution is 5.90. The van der Waals surface area contributed by atoms with Crippen molar-refractivity contribution in [1.82, 2.24) is 10.4 Å². The third kappa shape index (κ3) is 7.30. The Bertz CT molecular complexity index is 1080. The molecule has 2 aromatic carbocycles. The van der Waals surface area contributed by atoms with Gasteiger partial charge in [-0.2, -0.15) is 13.2 Å². The molecule has 0 aromatic heterocycles. The van der Waals surface area contributed by atoms with E-state index in [0.717, 1.165) is 43.6 Å². The molecule has 0 radical (unpaired) electrons. The number of piperidine rings is 1. The number of nitrogens with zero attached hydrogens (tertiary/aromatic N) is 1. The van der Waals surface area contributed by atoms with Crippen LogP contribution in [0.25, 0.3) is 6.08 Å². The Morgan fingerprint density at radius 2 is 1.78 bits per heavy atom. The fraction of sp³-hybridized carbons (Fsp3) is 0.360. The van der Waals surface area contributed by atoms with Gasteiger partial charge in [-0.3, -0.25) is 14.9 Å². The molecule has 2 aliphatic rings. The number of rotatable bonds is 4. The standard InChI is InChI=1S/C23H26N2O4.C2HF3O2/c26-20-15-23(10-12-25(13-11-23)16-18-4-2-1-3-5-18)29-21-8-6-17(14-19(20)21)7-9-22(27)24-28;3-2(4,5)1(6)7/h1-9,14,20,26,28H,10-13,15-16H2,(H,24,27);(H,6,7)/b9-7+;. The summed E-state index contributed by atoms with van der Waals surface area (Å²) in [5.74, 6) is -2.64. The van der Waals surface area contributed by atoms with Crippen molar-refractivity contribution < 1.29 is 42.9 Å². The van der Waals surface area contributed by atoms with Gasteiger partial charge in [-0.1, -0.05) is 36.4 Å². The van der Waals surface area contributed by atoms with Crippen LogP contribution in [0.4, 0.5) is 13.2 Å². The van der Waals surface area contributed by atoms with Gasteiger partial charge in [0.25, 0.3) is 5.91 Å². The van der Waals surface area contributed by atoms with Gasteiger partial charge in [0.15, 0.2) is 0 Å². The molecule has 1 saturated heterocycles. The normalized spacial score (nSPS) is 19.1. The van der Waals surface area contributed by atoms with Crippen molar-refractivity contribution in [3.8, 4) is 5.75 Å². The molecule has 0 aliphatic carbocycles. The minimum Gasteiger partial charge on any atom is -0.487 e. The van der Waals surface area contributed by atoms with Gasteiger partial charge in [-0.25, -0.2) is 10.3 Å². The molecular formula is C25H27F3N2O6. The lowest BCUT2D eigenvalue weighted by molar-refractivity contribution is -0.192. The zero-order valence-corrected chi connectivity index (χ0v) is 19.2. The Morgan fingerprint density at radius 3 is 2.36 bits per heavy atom. The molecular weight excluding hydrogens is 481 g/mol. The molecule has 1 spiro atoms. The number of aliphatic hydroxyl groups excluding tert-OH is 1. The molecule has 4 N–H and O–H groups in total. The summed E-state index contributed by atoms with van der Waals surface area (Å²) in [5.41, 5.74) is 4.06. The minimum atomic E-state index is -5.08. The van der Waals surface area contributed by atoms with Crippen molar-refractivity contribution in [2.45, 2.75) is 43.7 Å². The van der Waals surface area contributed by atoms with E-state index in [1.54, 1.807) is 11.6 Å². The zero-order chi connectivity index (χ0) is 26.3. The highest BCUT2D eigenvalue weighted by atomic mass is 19.4. The molecule has 1 atom stereocenters. The zero-order valence-electron chi connectivity index (χ0n) is 19.2. The smallest absolute Gasteiger partial charge is 0.487 e. The maximum absolute atomic E-state index is 11.2. The number of aliphatic hydroxyl groups is 1. The Balaban J connectivity index is 0.000000454. The topological polar surface area (TPSA) is 119 Å². The molecule has 1 amide bonds. The Morgan fingerprint density at radius 1 is 1.14 bits per heavy atom. The number of carbonyl (C=O) groups excluding carboxylic acids is 1. The molecule has 0 bridgehead atoms. The monoisotopic (exact) mass is 508 g/mol. The van der Waals surface area contributed by atoms with Crippen LogP contribution in [0.5, 0.6) is 5.75 Å². The van der Waals surface area contributed by atoms with Crippen LogP contribution in [0.1, 0.15) is 42.1 Å². The van der Waals surface area contributed by atoms with E-state index in [4.69, 9.17) is 19.8 Å². The number of ether oxygens (including phenoxy) is 1. The lowest BCUT2D eigenvalue weighted by Gasteiger charge is -2.46. The fourth-order valence-electron chi connectivity index (χ4n) is 4.24. The second-order valence-electron chi connectivity index (χ2n) is 8.68. The van der Waals surface area contributed by atoms with E-state index >= 15 is 0 Å². The number of nitrogens with one attached hydrogen (secondary N) is 1. The van der Waals surface area contributed by atoms with Crippen molar-refractivity contribution in [2.75, 3.05) is 13.1 Å². The lowest BCUT2D eigenvalue weighted by Crippen LogP contribution is -2.50. The van der Waals surface area contributed by atoms with E-state index in [1.165, 1.54) is 11.6 Å². The number of hydroxylamine groups is 1. The fourth-order valence-corrected chi connectivity index (χ4v) is 4.24. The van der Waals surface area contributed by atoms with Crippen LogP contribution in [0.2, 0.25) is 0 Å². The molecule has 11 heteroatoms. The minimum absolute atomic E-state index is 0.326. The maximum atomic E-state index is 11.2. The molecule has 2 aromatic rings. The number of carboxylic acid groups (broad SMARTS) is 1. The van der Waals surface area contributed by atoms with Gasteiger partial charge in [0.2, 0.25) is 0 Å². The number of hydrogen-bond donors (Lipinski definition) is 4. The summed E-state index contributed by atoms with van der Waals surface area (Å²) in [4.78, 5) is 22.5. The van der Waals surface area contributed by atoms with Crippen molar-refractivity contribution in [3.05, 3.63) is 71.3 Å². The highest BCUT2D eigenvalue weighted by Crippen LogP contribution is 2.44. The third-order valence-corrected chi connectivity index (χ3v) is 6.08. The average Bonchev–Trinajstić information content (AvgIpc) is 2.85. The van der Waals surface area contributed by atoms with Crippen molar-refractivity contribution in [1.29, 1.82) is 0 Å². The first-order valence-electron chi connectivity index (χ1n) is 11.2. The molecule has 1 fully saturated rings. The first kappa shape index (κ1) is 27.2. The van der Waals surface area contributed by atoms with E-state index in [9.17, 15) is 23.1 Å². The van der Waals surface area contributed by atoms with Crippen LogP contribution in [-0.2, 0) is 16.1 Å². The molecule has 194 valence electrons. The lowest BCUT2D eigenvalue weighted by atomic mass is 9.81. The van der Waals surface area contributed by atoms with Crippen LogP contribution >= 0.6 is 0 Å². The molecule has 36 heavy (non-hydrogen) atoms. The van der Waals surface area contributed by atoms with Crippen LogP contribution in [0.15, 0.2) is 54.6 Å². The van der Waals surface area contributed by atoms with Gasteiger partial charge < -0.3 is 14.9 Å². The van der Waals surface area contributed by atoms with E-state index < -0.39 is 24.2 Å². The molecule has 2 heterocycles. The van der Waals surface area contributed by atoms with Crippen LogP contribution in [0.3, 0.4) is 0 Å². The summed E-state index contributed by atoms with van der Waals surface area (Å²) in [6.45, 7) is 2.81. The van der Waals surface area contributed by atoms with E-state index in [1.807, 2.05) is 24.3 Å². The molecule has 2 aliphatic heterocycles. The van der Waals surface area contributed by atoms with E-state index in [-0.39, 0.29) is 5.60 Å². The predicted molar refractivity (Wildman–Crippen MR) is 123 cm³/mol. The number of amides is 1. The Hall–Kier alpha value is -3.41. The number of carboxylic acids is 1. The number of alkyl halides is 3. The molecule has 4 rings (SSSR count). The number of hydrogen-bond acceptors (Lipinski definition) is 6. The van der Waals surface area contributed by atoms with Gasteiger partial charge in [-0.05, 0) is 42.2 Å². The number of aliphatic carboxylic acids is 1. The van der Waals surface area contributed by atoms with Crippen molar-refractivity contribution in [3.63, 3.8) is 0 Å².